The first-order valence-electron chi connectivity index (χ1n) is 21.8. The molecule has 0 amide bonds. The number of carboxylic acids is 2. The number of terminal acetylenes is 2. The van der Waals surface area contributed by atoms with E-state index < -0.39 is 74.7 Å². The van der Waals surface area contributed by atoms with Gasteiger partial charge in [0, 0.05) is 45.0 Å². The fraction of sp³-hybridized carbons (Fsp3) is 0.231. The summed E-state index contributed by atoms with van der Waals surface area (Å²) >= 11 is 0. The molecule has 2 atom stereocenters. The van der Waals surface area contributed by atoms with Crippen LogP contribution in [0.3, 0.4) is 0 Å². The summed E-state index contributed by atoms with van der Waals surface area (Å²) in [6, 6.07) is 27.7. The predicted molar refractivity (Wildman–Crippen MR) is 272 cm³/mol. The first kappa shape index (κ1) is 60.7. The Bertz CT molecular complexity index is 3280. The molecule has 74 heavy (non-hydrogen) atoms. The number of benzene rings is 6. The largest absolute Gasteiger partial charge is 1.00 e. The number of methoxy groups -OCH3 is 2. The molecule has 0 aliphatic heterocycles. The average molecular weight is 1050 g/mol. The molecule has 0 aliphatic rings. The van der Waals surface area contributed by atoms with Crippen molar-refractivity contribution in [2.24, 2.45) is 0 Å². The van der Waals surface area contributed by atoms with E-state index in [1.807, 2.05) is 11.8 Å². The molecule has 3 N–H and O–H groups in total. The topological polar surface area (TPSA) is 238 Å². The number of carboxylic acid groups (broad SMARTS) is 2. The quantitative estimate of drug-likeness (QED) is 0.0621. The van der Waals surface area contributed by atoms with Gasteiger partial charge in [-0.1, -0.05) is 60.4 Å². The van der Waals surface area contributed by atoms with Crippen molar-refractivity contribution in [3.63, 3.8) is 0 Å². The molecular weight excluding hydrogens is 998 g/mol. The predicted octanol–water partition coefficient (Wildman–Crippen LogP) is 4.13. The summed E-state index contributed by atoms with van der Waals surface area (Å²) in [5, 5.41) is 20.9. The Morgan fingerprint density at radius 1 is 0.541 bits per heavy atom. The molecule has 0 spiro atoms. The zero-order chi connectivity index (χ0) is 52.9. The summed E-state index contributed by atoms with van der Waals surface area (Å²) in [6.45, 7) is 2.36. The van der Waals surface area contributed by atoms with Crippen LogP contribution in [-0.2, 0) is 48.7 Å². The first-order chi connectivity index (χ1) is 34.2. The number of ether oxygens (including phenoxy) is 2. The number of rotatable bonds is 20. The maximum Gasteiger partial charge on any atom is 1.00 e. The van der Waals surface area contributed by atoms with Gasteiger partial charge in [0.15, 0.2) is 0 Å². The second-order valence-corrected chi connectivity index (χ2v) is 19.7. The second-order valence-electron chi connectivity index (χ2n) is 15.9. The Labute approximate surface area is 439 Å². The SMILES string of the molecule is C#CCN(c1ccc(N(CC(=O)O)S(=O)(=O)c2ccc(F)cc2)c2ccccc12)[C@@H](C)CC(=O)O.C#CCN(c1ccc(N(CC(=O)OC)S(=O)(=O)c2ccc(F)cc2)c2ccccc12)[C@@H](C)CC(=O)OC.[Li+].[OH-]. The molecule has 0 fully saturated rings. The van der Waals surface area contributed by atoms with Crippen LogP contribution in [0, 0.1) is 36.3 Å². The number of sulfonamides is 2. The standard InChI is InChI=1S/C27H27FN2O6S.C25H23FN2O6S.Li.H2O/c1-5-16-29(19(2)17-26(31)35-3)24-14-15-25(23-9-7-6-8-22(23)24)30(18-27(32)36-4)37(33,34)21-12-10-20(28)11-13-21;1-3-14-27(17(2)15-24(29)30)22-12-13-23(21-7-5-4-6-20(21)22)28(16-25(31)32)35(33,34)19-10-8-18(26)9-11-19;;/h1,6-15,19H,16-18H2,2-4H3;1,4-13,17H,14-16H2,2H3,(H,29,30)(H,31,32);;1H2/q;;+1;/p-1/t19-;17-;;/m00../s1. The third-order valence-corrected chi connectivity index (χ3v) is 14.8. The van der Waals surface area contributed by atoms with Crippen molar-refractivity contribution in [3.8, 4) is 24.7 Å². The molecule has 0 aliphatic carbocycles. The number of hydrogen-bond donors (Lipinski definition) is 2. The van der Waals surface area contributed by atoms with Gasteiger partial charge in [-0.15, -0.1) is 12.8 Å². The van der Waals surface area contributed by atoms with Gasteiger partial charge < -0.3 is 35.0 Å². The van der Waals surface area contributed by atoms with Crippen molar-refractivity contribution >= 4 is 88.2 Å². The van der Waals surface area contributed by atoms with Crippen LogP contribution in [0.25, 0.3) is 21.5 Å². The Morgan fingerprint density at radius 2 is 0.878 bits per heavy atom. The average Bonchev–Trinajstić information content (AvgIpc) is 3.35. The van der Waals surface area contributed by atoms with Gasteiger partial charge in [0.2, 0.25) is 0 Å². The van der Waals surface area contributed by atoms with Crippen LogP contribution in [-0.4, -0.2) is 109 Å². The van der Waals surface area contributed by atoms with E-state index in [0.717, 1.165) is 64.3 Å². The summed E-state index contributed by atoms with van der Waals surface area (Å²) < 4.78 is 92.2. The maximum absolute atomic E-state index is 13.6. The molecule has 0 saturated carbocycles. The number of carbonyl (C=O) groups excluding carboxylic acids is 2. The van der Waals surface area contributed by atoms with Gasteiger partial charge in [-0.05, 0) is 86.6 Å². The minimum absolute atomic E-state index is 0. The molecular formula is C52H51F2LiN4O13S2. The van der Waals surface area contributed by atoms with Crippen LogP contribution in [0.1, 0.15) is 26.7 Å². The molecule has 0 bridgehead atoms. The van der Waals surface area contributed by atoms with Gasteiger partial charge in [0.05, 0.1) is 61.3 Å². The van der Waals surface area contributed by atoms with Crippen molar-refractivity contribution in [3.05, 3.63) is 133 Å². The van der Waals surface area contributed by atoms with Crippen LogP contribution in [0.15, 0.2) is 131 Å². The summed E-state index contributed by atoms with van der Waals surface area (Å²) in [5.74, 6) is 0.332. The van der Waals surface area contributed by atoms with Crippen LogP contribution in [0.2, 0.25) is 0 Å². The van der Waals surface area contributed by atoms with Crippen molar-refractivity contribution in [2.45, 2.75) is 48.6 Å². The van der Waals surface area contributed by atoms with Gasteiger partial charge in [-0.2, -0.15) is 0 Å². The van der Waals surface area contributed by atoms with Crippen molar-refractivity contribution in [1.29, 1.82) is 0 Å². The molecule has 6 aromatic rings. The Kier molecular flexibility index (Phi) is 22.0. The fourth-order valence-corrected chi connectivity index (χ4v) is 10.7. The number of esters is 2. The van der Waals surface area contributed by atoms with E-state index in [-0.39, 0.29) is 77.5 Å². The monoisotopic (exact) mass is 1050 g/mol. The Hall–Kier alpha value is -7.64. The van der Waals surface area contributed by atoms with Crippen molar-refractivity contribution in [2.75, 3.05) is 58.8 Å². The van der Waals surface area contributed by atoms with E-state index in [4.69, 9.17) is 22.3 Å². The third kappa shape index (κ3) is 14.3. The van der Waals surface area contributed by atoms with Crippen LogP contribution in [0.5, 0.6) is 0 Å². The Balaban J connectivity index is 0.000000381. The van der Waals surface area contributed by atoms with E-state index in [1.54, 1.807) is 78.6 Å². The van der Waals surface area contributed by atoms with E-state index >= 15 is 0 Å². The molecule has 22 heteroatoms. The third-order valence-electron chi connectivity index (χ3n) is 11.2. The molecule has 17 nitrogen and oxygen atoms in total. The summed E-state index contributed by atoms with van der Waals surface area (Å²) in [5.41, 5.74) is 1.56. The van der Waals surface area contributed by atoms with Gasteiger partial charge >= 0.3 is 42.7 Å². The zero-order valence-corrected chi connectivity index (χ0v) is 42.5. The number of carbonyl (C=O) groups is 4. The smallest absolute Gasteiger partial charge is 0.870 e. The van der Waals surface area contributed by atoms with Gasteiger partial charge in [0.25, 0.3) is 20.0 Å². The molecule has 6 aromatic carbocycles. The summed E-state index contributed by atoms with van der Waals surface area (Å²) in [6.07, 6.45) is 11.1. The number of halogens is 2. The first-order valence-corrected chi connectivity index (χ1v) is 24.7. The Morgan fingerprint density at radius 3 is 1.22 bits per heavy atom. The number of aliphatic carboxylic acids is 2. The molecule has 0 unspecified atom stereocenters. The minimum Gasteiger partial charge on any atom is -0.870 e. The van der Waals surface area contributed by atoms with Crippen LogP contribution in [0.4, 0.5) is 31.5 Å². The zero-order valence-electron chi connectivity index (χ0n) is 40.9. The molecule has 384 valence electrons. The molecule has 6 rings (SSSR count). The minimum atomic E-state index is -4.37. The van der Waals surface area contributed by atoms with E-state index in [9.17, 15) is 55.0 Å². The molecule has 0 aromatic heterocycles. The van der Waals surface area contributed by atoms with Gasteiger partial charge in [0.1, 0.15) is 24.7 Å². The molecule has 0 saturated heterocycles. The van der Waals surface area contributed by atoms with E-state index in [2.05, 4.69) is 11.8 Å². The van der Waals surface area contributed by atoms with E-state index in [0.29, 0.717) is 32.9 Å². The van der Waals surface area contributed by atoms with Crippen LogP contribution >= 0.6 is 0 Å². The van der Waals surface area contributed by atoms with Crippen LogP contribution < -0.4 is 37.3 Å². The number of hydrogen-bond acceptors (Lipinski definition) is 13. The number of nitrogens with zero attached hydrogens (tertiary/aromatic N) is 4. The van der Waals surface area contributed by atoms with Gasteiger partial charge in [-0.3, -0.25) is 27.8 Å². The normalized spacial score (nSPS) is 11.6. The number of anilines is 4. The number of fused-ring (bicyclic) bond motifs is 2. The summed E-state index contributed by atoms with van der Waals surface area (Å²) in [7, 11) is -6.19. The van der Waals surface area contributed by atoms with Crippen molar-refractivity contribution in [1.82, 2.24) is 0 Å². The fourth-order valence-electron chi connectivity index (χ4n) is 7.79. The maximum atomic E-state index is 13.6. The second kappa shape index (κ2) is 26.9. The molecule has 0 radical (unpaired) electrons. The van der Waals surface area contributed by atoms with Gasteiger partial charge in [-0.25, -0.2) is 25.6 Å². The molecule has 0 heterocycles. The summed E-state index contributed by atoms with van der Waals surface area (Å²) in [4.78, 5) is 50.3. The van der Waals surface area contributed by atoms with E-state index in [1.165, 1.54) is 13.2 Å². The van der Waals surface area contributed by atoms with Crippen molar-refractivity contribution < 1.29 is 88.8 Å².